The molecule has 0 radical (unpaired) electrons. The van der Waals surface area contributed by atoms with Crippen LogP contribution in [-0.4, -0.2) is 79.9 Å². The number of carbonyl (C=O) groups is 6. The molecule has 4 rings (SSSR count). The SMILES string of the molecule is NC(=O)CC(NC(=O)C(Cc1c[nH]c2ccccc12)NC(=O)C(N)Cc1c[nH]c2ccccc12)C(=O)NC(CC(=O)O)C(=O)O. The predicted octanol–water partition coefficient (Wildman–Crippen LogP) is -0.349. The first-order chi connectivity index (χ1) is 21.4. The van der Waals surface area contributed by atoms with Crippen LogP contribution in [0.25, 0.3) is 21.8 Å². The zero-order chi connectivity index (χ0) is 32.7. The van der Waals surface area contributed by atoms with Gasteiger partial charge in [0.05, 0.1) is 18.9 Å². The average Bonchev–Trinajstić information content (AvgIpc) is 3.59. The van der Waals surface area contributed by atoms with Crippen LogP contribution in [0.15, 0.2) is 60.9 Å². The largest absolute Gasteiger partial charge is 0.481 e. The number of nitrogens with one attached hydrogen (secondary N) is 5. The molecule has 2 heterocycles. The van der Waals surface area contributed by atoms with E-state index in [4.69, 9.17) is 16.6 Å². The smallest absolute Gasteiger partial charge is 0.326 e. The highest BCUT2D eigenvalue weighted by molar-refractivity contribution is 5.97. The third-order valence-electron chi connectivity index (χ3n) is 7.22. The number of carboxylic acids is 2. The van der Waals surface area contributed by atoms with E-state index in [9.17, 15) is 33.9 Å². The van der Waals surface area contributed by atoms with Gasteiger partial charge >= 0.3 is 11.9 Å². The molecule has 236 valence electrons. The van der Waals surface area contributed by atoms with Crippen molar-refractivity contribution in [2.45, 2.75) is 49.9 Å². The van der Waals surface area contributed by atoms with Gasteiger partial charge in [0.2, 0.25) is 23.6 Å². The maximum absolute atomic E-state index is 13.6. The number of nitrogens with two attached hydrogens (primary N) is 2. The van der Waals surface area contributed by atoms with Crippen molar-refractivity contribution in [1.29, 1.82) is 0 Å². The van der Waals surface area contributed by atoms with Crippen LogP contribution in [0, 0.1) is 0 Å². The minimum Gasteiger partial charge on any atom is -0.481 e. The molecule has 4 amide bonds. The molecular formula is C30H33N7O8. The molecule has 2 aromatic carbocycles. The van der Waals surface area contributed by atoms with Crippen molar-refractivity contribution in [3.8, 4) is 0 Å². The van der Waals surface area contributed by atoms with Crippen molar-refractivity contribution in [2.75, 3.05) is 0 Å². The summed E-state index contributed by atoms with van der Waals surface area (Å²) in [5.41, 5.74) is 14.6. The van der Waals surface area contributed by atoms with E-state index in [0.717, 1.165) is 27.4 Å². The standard InChI is InChI=1S/C30H33N7O8/c31-19(9-15-13-33-20-7-3-1-5-17(15)20)27(41)35-22(10-16-14-34-21-8-4-2-6-18(16)21)28(42)36-23(11-25(32)38)29(43)37-24(30(44)45)12-26(39)40/h1-8,13-14,19,22-24,33-34H,9-12,31H2,(H2,32,38)(H,35,41)(H,36,42)(H,37,43)(H,39,40)(H,44,45). The maximum atomic E-state index is 13.6. The Morgan fingerprint density at radius 2 is 1.16 bits per heavy atom. The number of para-hydroxylation sites is 2. The Morgan fingerprint density at radius 3 is 1.69 bits per heavy atom. The first kappa shape index (κ1) is 32.2. The fraction of sp³-hybridized carbons (Fsp3) is 0.267. The van der Waals surface area contributed by atoms with Crippen LogP contribution in [-0.2, 0) is 41.6 Å². The number of amides is 4. The Bertz CT molecular complexity index is 1750. The van der Waals surface area contributed by atoms with Crippen molar-refractivity contribution in [3.63, 3.8) is 0 Å². The van der Waals surface area contributed by atoms with Gasteiger partial charge in [-0.1, -0.05) is 36.4 Å². The number of aliphatic carboxylic acids is 2. The zero-order valence-corrected chi connectivity index (χ0v) is 23.9. The quantitative estimate of drug-likeness (QED) is 0.0841. The number of hydrogen-bond acceptors (Lipinski definition) is 7. The lowest BCUT2D eigenvalue weighted by molar-refractivity contribution is -0.147. The summed E-state index contributed by atoms with van der Waals surface area (Å²) in [7, 11) is 0. The summed E-state index contributed by atoms with van der Waals surface area (Å²) >= 11 is 0. The van der Waals surface area contributed by atoms with Crippen LogP contribution >= 0.6 is 0 Å². The number of rotatable bonds is 15. The van der Waals surface area contributed by atoms with Gasteiger partial charge in [-0.25, -0.2) is 4.79 Å². The summed E-state index contributed by atoms with van der Waals surface area (Å²) in [6.07, 6.45) is 1.82. The Hall–Kier alpha value is -5.70. The van der Waals surface area contributed by atoms with E-state index >= 15 is 0 Å². The second-order valence-corrected chi connectivity index (χ2v) is 10.5. The van der Waals surface area contributed by atoms with Crippen LogP contribution in [0.5, 0.6) is 0 Å². The van der Waals surface area contributed by atoms with Crippen LogP contribution in [0.2, 0.25) is 0 Å². The van der Waals surface area contributed by atoms with Crippen molar-refractivity contribution in [3.05, 3.63) is 72.1 Å². The van der Waals surface area contributed by atoms with Gasteiger partial charge in [-0.3, -0.25) is 24.0 Å². The van der Waals surface area contributed by atoms with E-state index in [-0.39, 0.29) is 12.8 Å². The number of primary amides is 1. The number of fused-ring (bicyclic) bond motifs is 2. The fourth-order valence-corrected chi connectivity index (χ4v) is 4.97. The summed E-state index contributed by atoms with van der Waals surface area (Å²) in [5, 5.41) is 27.0. The molecule has 0 aliphatic carbocycles. The summed E-state index contributed by atoms with van der Waals surface area (Å²) in [6.45, 7) is 0. The molecule has 0 aliphatic rings. The highest BCUT2D eigenvalue weighted by Gasteiger charge is 2.32. The first-order valence-corrected chi connectivity index (χ1v) is 13.9. The fourth-order valence-electron chi connectivity index (χ4n) is 4.97. The number of carboxylic acid groups (broad SMARTS) is 2. The molecule has 0 fully saturated rings. The van der Waals surface area contributed by atoms with E-state index in [1.54, 1.807) is 18.5 Å². The first-order valence-electron chi connectivity index (χ1n) is 13.9. The molecule has 4 atom stereocenters. The summed E-state index contributed by atoms with van der Waals surface area (Å²) in [5.74, 6) is -6.84. The summed E-state index contributed by atoms with van der Waals surface area (Å²) in [4.78, 5) is 80.4. The highest BCUT2D eigenvalue weighted by Crippen LogP contribution is 2.21. The lowest BCUT2D eigenvalue weighted by atomic mass is 10.0. The Kier molecular flexibility index (Phi) is 10.2. The monoisotopic (exact) mass is 619 g/mol. The van der Waals surface area contributed by atoms with Crippen LogP contribution in [0.1, 0.15) is 24.0 Å². The lowest BCUT2D eigenvalue weighted by Gasteiger charge is -2.24. The van der Waals surface area contributed by atoms with E-state index in [1.165, 1.54) is 0 Å². The van der Waals surface area contributed by atoms with Crippen LogP contribution < -0.4 is 27.4 Å². The van der Waals surface area contributed by atoms with Gasteiger partial charge in [0.25, 0.3) is 0 Å². The van der Waals surface area contributed by atoms with Gasteiger partial charge in [-0.2, -0.15) is 0 Å². The number of carbonyl (C=O) groups excluding carboxylic acids is 4. The third-order valence-corrected chi connectivity index (χ3v) is 7.22. The van der Waals surface area contributed by atoms with E-state index in [0.29, 0.717) is 5.56 Å². The van der Waals surface area contributed by atoms with E-state index < -0.39 is 72.6 Å². The topological polar surface area (TPSA) is 263 Å². The van der Waals surface area contributed by atoms with Gasteiger partial charge in [0.15, 0.2) is 0 Å². The van der Waals surface area contributed by atoms with Gasteiger partial charge in [0, 0.05) is 40.6 Å². The zero-order valence-electron chi connectivity index (χ0n) is 23.9. The molecule has 0 saturated carbocycles. The number of benzene rings is 2. The predicted molar refractivity (Wildman–Crippen MR) is 161 cm³/mol. The minimum absolute atomic E-state index is 0.0525. The second-order valence-electron chi connectivity index (χ2n) is 10.5. The van der Waals surface area contributed by atoms with Crippen LogP contribution in [0.3, 0.4) is 0 Å². The van der Waals surface area contributed by atoms with Gasteiger partial charge in [-0.05, 0) is 29.7 Å². The van der Waals surface area contributed by atoms with Crippen molar-refractivity contribution >= 4 is 57.4 Å². The molecule has 0 spiro atoms. The number of aromatic nitrogens is 2. The molecule has 11 N–H and O–H groups in total. The summed E-state index contributed by atoms with van der Waals surface area (Å²) < 4.78 is 0. The van der Waals surface area contributed by atoms with Gasteiger partial charge in [0.1, 0.15) is 18.1 Å². The third kappa shape index (κ3) is 8.23. The Morgan fingerprint density at radius 1 is 0.667 bits per heavy atom. The molecule has 15 nitrogen and oxygen atoms in total. The molecule has 15 heteroatoms. The van der Waals surface area contributed by atoms with Crippen LogP contribution in [0.4, 0.5) is 0 Å². The number of H-pyrrole nitrogens is 2. The normalized spacial score (nSPS) is 13.8. The Balaban J connectivity index is 1.56. The molecule has 4 aromatic rings. The minimum atomic E-state index is -1.84. The van der Waals surface area contributed by atoms with E-state index in [2.05, 4.69) is 20.6 Å². The van der Waals surface area contributed by atoms with Crippen molar-refractivity contribution in [2.24, 2.45) is 11.5 Å². The molecule has 0 saturated heterocycles. The molecule has 0 aliphatic heterocycles. The van der Waals surface area contributed by atoms with Gasteiger partial charge < -0.3 is 47.6 Å². The second kappa shape index (κ2) is 14.2. The highest BCUT2D eigenvalue weighted by atomic mass is 16.4. The average molecular weight is 620 g/mol. The molecule has 45 heavy (non-hydrogen) atoms. The molecular weight excluding hydrogens is 586 g/mol. The summed E-state index contributed by atoms with van der Waals surface area (Å²) in [6, 6.07) is 8.86. The lowest BCUT2D eigenvalue weighted by Crippen LogP contribution is -2.58. The number of hydrogen-bond donors (Lipinski definition) is 9. The molecule has 2 aromatic heterocycles. The van der Waals surface area contributed by atoms with E-state index in [1.807, 2.05) is 47.8 Å². The number of aromatic amines is 2. The van der Waals surface area contributed by atoms with Crippen molar-refractivity contribution in [1.82, 2.24) is 25.9 Å². The molecule has 4 unspecified atom stereocenters. The van der Waals surface area contributed by atoms with Gasteiger partial charge in [-0.15, -0.1) is 0 Å². The maximum Gasteiger partial charge on any atom is 0.326 e. The Labute approximate surface area is 255 Å². The van der Waals surface area contributed by atoms with Crippen molar-refractivity contribution < 1.29 is 39.0 Å². The molecule has 0 bridgehead atoms.